The second-order valence-corrected chi connectivity index (χ2v) is 8.87. The zero-order valence-corrected chi connectivity index (χ0v) is 17.5. The molecule has 1 fully saturated rings. The highest BCUT2D eigenvalue weighted by atomic mass is 35.5. The second-order valence-electron chi connectivity index (χ2n) is 8.43. The van der Waals surface area contributed by atoms with Gasteiger partial charge in [0, 0.05) is 29.6 Å². The molecule has 4 rings (SSSR count). The van der Waals surface area contributed by atoms with Gasteiger partial charge in [-0.05, 0) is 49.1 Å². The van der Waals surface area contributed by atoms with Crippen molar-refractivity contribution in [1.82, 2.24) is 10.2 Å². The Morgan fingerprint density at radius 1 is 1.10 bits per heavy atom. The highest BCUT2D eigenvalue weighted by Gasteiger charge is 2.47. The molecule has 1 aliphatic heterocycles. The van der Waals surface area contributed by atoms with Gasteiger partial charge in [-0.3, -0.25) is 9.59 Å². The molecule has 0 radical (unpaired) electrons. The number of nitrogens with one attached hydrogen (secondary N) is 1. The Morgan fingerprint density at radius 2 is 1.79 bits per heavy atom. The molecule has 2 aliphatic rings. The first kappa shape index (κ1) is 20.0. The molecule has 1 N–H and O–H groups in total. The average Bonchev–Trinajstić information content (AvgIpc) is 2.73. The van der Waals surface area contributed by atoms with Gasteiger partial charge in [0.2, 0.25) is 5.91 Å². The SMILES string of the molecule is C[C@@]1(C(=O)NC2CCCCC2)Cc2ccccc2C(=O)N1Cc1ccc(Cl)cc1. The van der Waals surface area contributed by atoms with Crippen LogP contribution in [0.2, 0.25) is 5.02 Å². The van der Waals surface area contributed by atoms with Crippen molar-refractivity contribution in [3.63, 3.8) is 0 Å². The van der Waals surface area contributed by atoms with Crippen LogP contribution in [0.4, 0.5) is 0 Å². The van der Waals surface area contributed by atoms with E-state index in [2.05, 4.69) is 5.32 Å². The van der Waals surface area contributed by atoms with Gasteiger partial charge in [-0.1, -0.05) is 61.2 Å². The molecule has 2 aromatic rings. The Morgan fingerprint density at radius 3 is 2.52 bits per heavy atom. The third kappa shape index (κ3) is 4.04. The lowest BCUT2D eigenvalue weighted by Crippen LogP contribution is -2.63. The second kappa shape index (κ2) is 8.19. The van der Waals surface area contributed by atoms with Crippen molar-refractivity contribution in [3.8, 4) is 0 Å². The van der Waals surface area contributed by atoms with Gasteiger partial charge in [0.05, 0.1) is 0 Å². The third-order valence-corrected chi connectivity index (χ3v) is 6.56. The van der Waals surface area contributed by atoms with E-state index in [-0.39, 0.29) is 17.9 Å². The number of hydrogen-bond acceptors (Lipinski definition) is 2. The number of amides is 2. The molecule has 5 heteroatoms. The molecule has 1 atom stereocenters. The van der Waals surface area contributed by atoms with Crippen molar-refractivity contribution in [2.75, 3.05) is 0 Å². The predicted molar refractivity (Wildman–Crippen MR) is 115 cm³/mol. The van der Waals surface area contributed by atoms with E-state index >= 15 is 0 Å². The summed E-state index contributed by atoms with van der Waals surface area (Å²) in [6.45, 7) is 2.27. The highest BCUT2D eigenvalue weighted by Crippen LogP contribution is 2.33. The minimum absolute atomic E-state index is 0.0544. The summed E-state index contributed by atoms with van der Waals surface area (Å²) in [7, 11) is 0. The zero-order chi connectivity index (χ0) is 20.4. The summed E-state index contributed by atoms with van der Waals surface area (Å²) >= 11 is 6.02. The zero-order valence-electron chi connectivity index (χ0n) is 16.8. The standard InChI is InChI=1S/C24H27ClN2O2/c1-24(23(29)26-20-8-3-2-4-9-20)15-18-7-5-6-10-21(18)22(28)27(24)16-17-11-13-19(25)14-12-17/h5-7,10-14,20H,2-4,8-9,15-16H2,1H3,(H,26,29)/t24-/m0/s1. The van der Waals surface area contributed by atoms with E-state index in [9.17, 15) is 9.59 Å². The summed E-state index contributed by atoms with van der Waals surface area (Å²) in [5, 5.41) is 3.91. The highest BCUT2D eigenvalue weighted by molar-refractivity contribution is 6.30. The summed E-state index contributed by atoms with van der Waals surface area (Å²) in [6.07, 6.45) is 6.09. The third-order valence-electron chi connectivity index (χ3n) is 6.31. The largest absolute Gasteiger partial charge is 0.351 e. The summed E-state index contributed by atoms with van der Waals surface area (Å²) in [5.74, 6) is -0.149. The number of hydrogen-bond donors (Lipinski definition) is 1. The van der Waals surface area contributed by atoms with Crippen LogP contribution in [0.25, 0.3) is 0 Å². The first-order valence-electron chi connectivity index (χ1n) is 10.4. The van der Waals surface area contributed by atoms with E-state index in [4.69, 9.17) is 11.6 Å². The van der Waals surface area contributed by atoms with Gasteiger partial charge in [0.1, 0.15) is 5.54 Å². The maximum atomic E-state index is 13.5. The van der Waals surface area contributed by atoms with Gasteiger partial charge in [-0.15, -0.1) is 0 Å². The molecule has 1 heterocycles. The van der Waals surface area contributed by atoms with Crippen LogP contribution in [-0.2, 0) is 17.8 Å². The van der Waals surface area contributed by atoms with E-state index in [1.807, 2.05) is 55.5 Å². The van der Waals surface area contributed by atoms with Gasteiger partial charge in [-0.2, -0.15) is 0 Å². The number of halogens is 1. The Hall–Kier alpha value is -2.33. The maximum Gasteiger partial charge on any atom is 0.255 e. The number of carbonyl (C=O) groups is 2. The van der Waals surface area contributed by atoms with Gasteiger partial charge in [0.15, 0.2) is 0 Å². The smallest absolute Gasteiger partial charge is 0.255 e. The van der Waals surface area contributed by atoms with Crippen LogP contribution in [0.15, 0.2) is 48.5 Å². The van der Waals surface area contributed by atoms with E-state index in [1.54, 1.807) is 4.90 Å². The first-order chi connectivity index (χ1) is 14.0. The van der Waals surface area contributed by atoms with Crippen molar-refractivity contribution in [1.29, 1.82) is 0 Å². The Balaban J connectivity index is 1.66. The Labute approximate surface area is 177 Å². The Kier molecular flexibility index (Phi) is 5.64. The van der Waals surface area contributed by atoms with Gasteiger partial charge in [-0.25, -0.2) is 0 Å². The molecule has 2 aromatic carbocycles. The lowest BCUT2D eigenvalue weighted by Gasteiger charge is -2.45. The molecule has 0 spiro atoms. The van der Waals surface area contributed by atoms with Gasteiger partial charge in [0.25, 0.3) is 5.91 Å². The predicted octanol–water partition coefficient (Wildman–Crippen LogP) is 4.75. The number of carbonyl (C=O) groups excluding carboxylic acids is 2. The van der Waals surface area contributed by atoms with Gasteiger partial charge < -0.3 is 10.2 Å². The minimum Gasteiger partial charge on any atom is -0.351 e. The van der Waals surface area contributed by atoms with Crippen LogP contribution in [0.1, 0.15) is 60.5 Å². The van der Waals surface area contributed by atoms with Crippen molar-refractivity contribution < 1.29 is 9.59 Å². The van der Waals surface area contributed by atoms with E-state index in [1.165, 1.54) is 6.42 Å². The molecule has 0 saturated heterocycles. The lowest BCUT2D eigenvalue weighted by atomic mass is 9.82. The molecule has 0 unspecified atom stereocenters. The van der Waals surface area contributed by atoms with Crippen LogP contribution in [0, 0.1) is 0 Å². The monoisotopic (exact) mass is 410 g/mol. The van der Waals surface area contributed by atoms with Gasteiger partial charge >= 0.3 is 0 Å². The average molecular weight is 411 g/mol. The Bertz CT molecular complexity index is 905. The lowest BCUT2D eigenvalue weighted by molar-refractivity contribution is -0.133. The van der Waals surface area contributed by atoms with E-state index in [0.29, 0.717) is 23.6 Å². The molecule has 0 bridgehead atoms. The fraction of sp³-hybridized carbons (Fsp3) is 0.417. The molecule has 1 saturated carbocycles. The van der Waals surface area contributed by atoms with Crippen molar-refractivity contribution in [3.05, 3.63) is 70.2 Å². The van der Waals surface area contributed by atoms with Crippen LogP contribution in [0.3, 0.4) is 0 Å². The molecular formula is C24H27ClN2O2. The summed E-state index contributed by atoms with van der Waals surface area (Å²) < 4.78 is 0. The molecular weight excluding hydrogens is 384 g/mol. The molecule has 4 nitrogen and oxygen atoms in total. The van der Waals surface area contributed by atoms with Crippen molar-refractivity contribution >= 4 is 23.4 Å². The van der Waals surface area contributed by atoms with Crippen LogP contribution in [0.5, 0.6) is 0 Å². The molecule has 0 aromatic heterocycles. The summed E-state index contributed by atoms with van der Waals surface area (Å²) in [5.41, 5.74) is 1.65. The molecule has 152 valence electrons. The molecule has 2 amide bonds. The topological polar surface area (TPSA) is 49.4 Å². The summed E-state index contributed by atoms with van der Waals surface area (Å²) in [6, 6.07) is 15.3. The van der Waals surface area contributed by atoms with E-state index in [0.717, 1.165) is 36.8 Å². The number of rotatable bonds is 4. The summed E-state index contributed by atoms with van der Waals surface area (Å²) in [4.78, 5) is 28.6. The molecule has 1 aliphatic carbocycles. The maximum absolute atomic E-state index is 13.5. The van der Waals surface area contributed by atoms with Crippen LogP contribution >= 0.6 is 11.6 Å². The molecule has 29 heavy (non-hydrogen) atoms. The number of nitrogens with zero attached hydrogens (tertiary/aromatic N) is 1. The van der Waals surface area contributed by atoms with Crippen LogP contribution < -0.4 is 5.32 Å². The number of benzene rings is 2. The fourth-order valence-electron chi connectivity index (χ4n) is 4.53. The minimum atomic E-state index is -0.928. The first-order valence-corrected chi connectivity index (χ1v) is 10.8. The quantitative estimate of drug-likeness (QED) is 0.790. The van der Waals surface area contributed by atoms with Crippen molar-refractivity contribution in [2.24, 2.45) is 0 Å². The van der Waals surface area contributed by atoms with E-state index < -0.39 is 5.54 Å². The van der Waals surface area contributed by atoms with Crippen LogP contribution in [-0.4, -0.2) is 28.3 Å². The normalized spacial score (nSPS) is 22.3. The fourth-order valence-corrected chi connectivity index (χ4v) is 4.65. The van der Waals surface area contributed by atoms with Crippen molar-refractivity contribution in [2.45, 2.75) is 63.6 Å². The number of fused-ring (bicyclic) bond motifs is 1.